The van der Waals surface area contributed by atoms with E-state index in [1.54, 1.807) is 0 Å². The van der Waals surface area contributed by atoms with Crippen molar-refractivity contribution in [2.45, 2.75) is 12.5 Å². The lowest BCUT2D eigenvalue weighted by atomic mass is 10.1. The predicted octanol–water partition coefficient (Wildman–Crippen LogP) is -0.785. The van der Waals surface area contributed by atoms with Crippen molar-refractivity contribution in [1.29, 1.82) is 0 Å². The van der Waals surface area contributed by atoms with Crippen LogP contribution in [0.5, 0.6) is 5.75 Å². The molecule has 19 heavy (non-hydrogen) atoms. The molecule has 1 atom stereocenters. The first kappa shape index (κ1) is 13.4. The Morgan fingerprint density at radius 2 is 2.00 bits per heavy atom. The number of aliphatic hydroxyl groups is 1. The van der Waals surface area contributed by atoms with Gasteiger partial charge in [-0.15, -0.1) is 0 Å². The van der Waals surface area contributed by atoms with E-state index in [0.29, 0.717) is 6.42 Å². The van der Waals surface area contributed by atoms with Crippen molar-refractivity contribution >= 4 is 11.8 Å². The van der Waals surface area contributed by atoms with Crippen molar-refractivity contribution in [1.82, 2.24) is 10.6 Å². The van der Waals surface area contributed by atoms with Crippen LogP contribution in [0.15, 0.2) is 24.3 Å². The molecule has 0 aromatic heterocycles. The molecule has 0 fully saturated rings. The summed E-state index contributed by atoms with van der Waals surface area (Å²) in [6, 6.07) is 7.68. The Kier molecular flexibility index (Phi) is 4.35. The second kappa shape index (κ2) is 6.19. The Labute approximate surface area is 110 Å². The summed E-state index contributed by atoms with van der Waals surface area (Å²) in [5.41, 5.74) is 1.10. The van der Waals surface area contributed by atoms with Crippen molar-refractivity contribution in [2.75, 3.05) is 19.7 Å². The van der Waals surface area contributed by atoms with E-state index in [2.05, 4.69) is 10.6 Å². The Morgan fingerprint density at radius 1 is 1.26 bits per heavy atom. The summed E-state index contributed by atoms with van der Waals surface area (Å²) < 4.78 is 5.63. The van der Waals surface area contributed by atoms with Gasteiger partial charge in [-0.1, -0.05) is 18.2 Å². The van der Waals surface area contributed by atoms with E-state index in [1.807, 2.05) is 24.3 Å². The molecular formula is C13H16N2O4. The van der Waals surface area contributed by atoms with Gasteiger partial charge in [0, 0.05) is 13.0 Å². The first-order valence-electron chi connectivity index (χ1n) is 6.12. The fourth-order valence-electron chi connectivity index (χ4n) is 1.90. The van der Waals surface area contributed by atoms with Crippen LogP contribution in [0.3, 0.4) is 0 Å². The van der Waals surface area contributed by atoms with Crippen LogP contribution in [-0.4, -0.2) is 42.7 Å². The standard InChI is InChI=1S/C13H16N2O4/c16-6-5-14-12(17)13(18)15-8-10-7-9-3-1-2-4-11(9)19-10/h1-4,10,16H,5-8H2,(H,14,17)(H,15,18). The van der Waals surface area contributed by atoms with Crippen molar-refractivity contribution in [3.05, 3.63) is 29.8 Å². The van der Waals surface area contributed by atoms with Crippen LogP contribution < -0.4 is 15.4 Å². The van der Waals surface area contributed by atoms with Gasteiger partial charge >= 0.3 is 11.8 Å². The van der Waals surface area contributed by atoms with E-state index in [9.17, 15) is 9.59 Å². The fraction of sp³-hybridized carbons (Fsp3) is 0.385. The zero-order valence-electron chi connectivity index (χ0n) is 10.4. The quantitative estimate of drug-likeness (QED) is 0.622. The monoisotopic (exact) mass is 264 g/mol. The molecule has 0 bridgehead atoms. The minimum atomic E-state index is -0.746. The Morgan fingerprint density at radius 3 is 2.74 bits per heavy atom. The molecule has 0 saturated heterocycles. The van der Waals surface area contributed by atoms with Gasteiger partial charge in [-0.2, -0.15) is 0 Å². The number of benzene rings is 1. The summed E-state index contributed by atoms with van der Waals surface area (Å²) in [5.74, 6) is -0.635. The number of aliphatic hydroxyl groups excluding tert-OH is 1. The van der Waals surface area contributed by atoms with Crippen molar-refractivity contribution in [3.63, 3.8) is 0 Å². The van der Waals surface area contributed by atoms with Gasteiger partial charge in [0.15, 0.2) is 0 Å². The van der Waals surface area contributed by atoms with Gasteiger partial charge in [0.1, 0.15) is 11.9 Å². The zero-order valence-corrected chi connectivity index (χ0v) is 10.4. The number of ether oxygens (including phenoxy) is 1. The third-order valence-electron chi connectivity index (χ3n) is 2.81. The van der Waals surface area contributed by atoms with Crippen LogP contribution >= 0.6 is 0 Å². The normalized spacial score (nSPS) is 16.4. The molecule has 1 heterocycles. The number of fused-ring (bicyclic) bond motifs is 1. The molecule has 1 aliphatic heterocycles. The van der Waals surface area contributed by atoms with Gasteiger partial charge in [-0.3, -0.25) is 9.59 Å². The molecule has 1 aromatic carbocycles. The molecule has 3 N–H and O–H groups in total. The van der Waals surface area contributed by atoms with Gasteiger partial charge in [0.05, 0.1) is 13.2 Å². The molecule has 6 heteroatoms. The fourth-order valence-corrected chi connectivity index (χ4v) is 1.90. The minimum absolute atomic E-state index is 0.0671. The number of rotatable bonds is 4. The summed E-state index contributed by atoms with van der Waals surface area (Å²) >= 11 is 0. The van der Waals surface area contributed by atoms with E-state index < -0.39 is 11.8 Å². The lowest BCUT2D eigenvalue weighted by Crippen LogP contribution is -2.44. The van der Waals surface area contributed by atoms with Crippen LogP contribution in [0, 0.1) is 0 Å². The molecule has 0 saturated carbocycles. The Bertz CT molecular complexity index is 450. The second-order valence-corrected chi connectivity index (χ2v) is 4.24. The molecule has 1 unspecified atom stereocenters. The number of amides is 2. The number of para-hydroxylation sites is 1. The molecule has 1 aliphatic rings. The summed E-state index contributed by atoms with van der Waals surface area (Å²) in [5, 5.41) is 13.3. The van der Waals surface area contributed by atoms with Gasteiger partial charge in [0.2, 0.25) is 0 Å². The number of carbonyl (C=O) groups excluding carboxylic acids is 2. The van der Waals surface area contributed by atoms with Crippen LogP contribution in [0.1, 0.15) is 5.56 Å². The van der Waals surface area contributed by atoms with E-state index in [0.717, 1.165) is 11.3 Å². The average molecular weight is 264 g/mol. The maximum absolute atomic E-state index is 11.4. The molecule has 2 rings (SSSR count). The molecule has 6 nitrogen and oxygen atoms in total. The second-order valence-electron chi connectivity index (χ2n) is 4.24. The predicted molar refractivity (Wildman–Crippen MR) is 67.7 cm³/mol. The SMILES string of the molecule is O=C(NCCO)C(=O)NCC1Cc2ccccc2O1. The molecule has 0 radical (unpaired) electrons. The van der Waals surface area contributed by atoms with Gasteiger partial charge in [-0.05, 0) is 11.6 Å². The highest BCUT2D eigenvalue weighted by Crippen LogP contribution is 2.27. The Hall–Kier alpha value is -2.08. The molecule has 2 amide bonds. The van der Waals surface area contributed by atoms with Crippen LogP contribution in [0.2, 0.25) is 0 Å². The number of carbonyl (C=O) groups is 2. The topological polar surface area (TPSA) is 87.7 Å². The van der Waals surface area contributed by atoms with Crippen molar-refractivity contribution < 1.29 is 19.4 Å². The zero-order chi connectivity index (χ0) is 13.7. The van der Waals surface area contributed by atoms with E-state index in [4.69, 9.17) is 9.84 Å². The average Bonchev–Trinajstić information content (AvgIpc) is 2.84. The van der Waals surface area contributed by atoms with E-state index in [-0.39, 0.29) is 25.8 Å². The third-order valence-corrected chi connectivity index (χ3v) is 2.81. The van der Waals surface area contributed by atoms with Crippen LogP contribution in [-0.2, 0) is 16.0 Å². The lowest BCUT2D eigenvalue weighted by Gasteiger charge is -2.11. The van der Waals surface area contributed by atoms with Crippen LogP contribution in [0.25, 0.3) is 0 Å². The largest absolute Gasteiger partial charge is 0.488 e. The van der Waals surface area contributed by atoms with Crippen molar-refractivity contribution in [2.24, 2.45) is 0 Å². The van der Waals surface area contributed by atoms with Gasteiger partial charge < -0.3 is 20.5 Å². The first-order valence-corrected chi connectivity index (χ1v) is 6.12. The summed E-state index contributed by atoms with van der Waals surface area (Å²) in [7, 11) is 0. The summed E-state index contributed by atoms with van der Waals surface area (Å²) in [6.07, 6.45) is 0.571. The molecule has 102 valence electrons. The molecular weight excluding hydrogens is 248 g/mol. The third kappa shape index (κ3) is 3.45. The highest BCUT2D eigenvalue weighted by atomic mass is 16.5. The van der Waals surface area contributed by atoms with Gasteiger partial charge in [0.25, 0.3) is 0 Å². The van der Waals surface area contributed by atoms with E-state index in [1.165, 1.54) is 0 Å². The summed E-state index contributed by atoms with van der Waals surface area (Å²) in [4.78, 5) is 22.7. The first-order chi connectivity index (χ1) is 9.20. The lowest BCUT2D eigenvalue weighted by molar-refractivity contribution is -0.139. The molecule has 0 aliphatic carbocycles. The minimum Gasteiger partial charge on any atom is -0.488 e. The number of nitrogens with one attached hydrogen (secondary N) is 2. The maximum Gasteiger partial charge on any atom is 0.309 e. The molecule has 1 aromatic rings. The number of hydrogen-bond donors (Lipinski definition) is 3. The van der Waals surface area contributed by atoms with E-state index >= 15 is 0 Å². The smallest absolute Gasteiger partial charge is 0.309 e. The Balaban J connectivity index is 1.76. The molecule has 0 spiro atoms. The highest BCUT2D eigenvalue weighted by Gasteiger charge is 2.23. The van der Waals surface area contributed by atoms with Crippen LogP contribution in [0.4, 0.5) is 0 Å². The maximum atomic E-state index is 11.4. The van der Waals surface area contributed by atoms with Crippen molar-refractivity contribution in [3.8, 4) is 5.75 Å². The highest BCUT2D eigenvalue weighted by molar-refractivity contribution is 6.35. The number of hydrogen-bond acceptors (Lipinski definition) is 4. The summed E-state index contributed by atoms with van der Waals surface area (Å²) in [6.45, 7) is 0.151. The van der Waals surface area contributed by atoms with Gasteiger partial charge in [-0.25, -0.2) is 0 Å².